The van der Waals surface area contributed by atoms with Gasteiger partial charge in [0.25, 0.3) is 10.0 Å². The molecule has 0 heterocycles. The minimum atomic E-state index is -4.21. The summed E-state index contributed by atoms with van der Waals surface area (Å²) in [6.07, 6.45) is 0.321. The molecule has 0 saturated carbocycles. The Balaban J connectivity index is 2.12. The van der Waals surface area contributed by atoms with Gasteiger partial charge in [0.15, 0.2) is 0 Å². The maximum absolute atomic E-state index is 14.2. The summed E-state index contributed by atoms with van der Waals surface area (Å²) < 4.78 is 35.1. The number of anilines is 1. The Kier molecular flexibility index (Phi) is 11.0. The van der Waals surface area contributed by atoms with Crippen molar-refractivity contribution in [2.75, 3.05) is 17.5 Å². The standard InChI is InChI=1S/C32H40ClN3O5S/c1-7-27(31(38)34-32(4,5)6)35(21-24-15-17-25(33)18-16-24)30(37)22-36(28-11-9-10-12-29(28)41-8-2)42(39,40)26-19-13-23(3)14-20-26/h9-20,27H,7-8,21-22H2,1-6H3,(H,34,38)/t27-/m1/s1. The van der Waals surface area contributed by atoms with E-state index in [1.807, 2.05) is 34.6 Å². The minimum absolute atomic E-state index is 0.0361. The molecular weight excluding hydrogens is 574 g/mol. The molecule has 10 heteroatoms. The maximum atomic E-state index is 14.2. The number of hydrogen-bond acceptors (Lipinski definition) is 5. The van der Waals surface area contributed by atoms with E-state index >= 15 is 0 Å². The number of nitrogens with zero attached hydrogens (tertiary/aromatic N) is 2. The fourth-order valence-electron chi connectivity index (χ4n) is 4.45. The zero-order chi connectivity index (χ0) is 31.1. The van der Waals surface area contributed by atoms with Crippen LogP contribution in [0.5, 0.6) is 5.75 Å². The lowest BCUT2D eigenvalue weighted by molar-refractivity contribution is -0.141. The number of aryl methyl sites for hydroxylation is 1. The Morgan fingerprint density at radius 2 is 1.57 bits per heavy atom. The predicted octanol–water partition coefficient (Wildman–Crippen LogP) is 5.96. The zero-order valence-corrected chi connectivity index (χ0v) is 26.6. The molecule has 2 amide bonds. The first kappa shape index (κ1) is 32.9. The fourth-order valence-corrected chi connectivity index (χ4v) is 6.00. The van der Waals surface area contributed by atoms with Crippen molar-refractivity contribution in [2.24, 2.45) is 0 Å². The highest BCUT2D eigenvalue weighted by Gasteiger charge is 2.35. The van der Waals surface area contributed by atoms with Gasteiger partial charge in [-0.25, -0.2) is 8.42 Å². The van der Waals surface area contributed by atoms with E-state index in [4.69, 9.17) is 16.3 Å². The zero-order valence-electron chi connectivity index (χ0n) is 25.1. The van der Waals surface area contributed by atoms with Crippen LogP contribution in [0.4, 0.5) is 5.69 Å². The van der Waals surface area contributed by atoms with Crippen molar-refractivity contribution in [3.63, 3.8) is 0 Å². The van der Waals surface area contributed by atoms with Gasteiger partial charge in [-0.15, -0.1) is 0 Å². The second kappa shape index (κ2) is 14.1. The molecule has 3 rings (SSSR count). The van der Waals surface area contributed by atoms with Gasteiger partial charge in [-0.3, -0.25) is 13.9 Å². The molecule has 0 aliphatic carbocycles. The minimum Gasteiger partial charge on any atom is -0.492 e. The Bertz CT molecular complexity index is 1470. The van der Waals surface area contributed by atoms with E-state index < -0.39 is 34.1 Å². The van der Waals surface area contributed by atoms with Crippen molar-refractivity contribution in [2.45, 2.75) is 71.0 Å². The summed E-state index contributed by atoms with van der Waals surface area (Å²) in [6.45, 7) is 10.9. The van der Waals surface area contributed by atoms with Crippen molar-refractivity contribution in [3.05, 3.63) is 88.9 Å². The van der Waals surface area contributed by atoms with Crippen LogP contribution in [0.3, 0.4) is 0 Å². The first-order valence-corrected chi connectivity index (χ1v) is 15.8. The molecule has 0 spiro atoms. The van der Waals surface area contributed by atoms with Crippen molar-refractivity contribution in [1.29, 1.82) is 0 Å². The van der Waals surface area contributed by atoms with Gasteiger partial charge in [0.2, 0.25) is 11.8 Å². The van der Waals surface area contributed by atoms with Gasteiger partial charge < -0.3 is 15.0 Å². The summed E-state index contributed by atoms with van der Waals surface area (Å²) >= 11 is 6.09. The number of ether oxygens (including phenoxy) is 1. The van der Waals surface area contributed by atoms with E-state index in [2.05, 4.69) is 5.32 Å². The number of halogens is 1. The molecule has 0 fully saturated rings. The third-order valence-electron chi connectivity index (χ3n) is 6.47. The molecule has 3 aromatic rings. The van der Waals surface area contributed by atoms with Gasteiger partial charge in [-0.2, -0.15) is 0 Å². The lowest BCUT2D eigenvalue weighted by atomic mass is 10.1. The van der Waals surface area contributed by atoms with Gasteiger partial charge in [0, 0.05) is 17.1 Å². The number of para-hydroxylation sites is 2. The highest BCUT2D eigenvalue weighted by atomic mass is 35.5. The first-order valence-electron chi connectivity index (χ1n) is 13.9. The fraction of sp³-hybridized carbons (Fsp3) is 0.375. The summed E-state index contributed by atoms with van der Waals surface area (Å²) in [5.41, 5.74) is 1.34. The molecule has 226 valence electrons. The third-order valence-corrected chi connectivity index (χ3v) is 8.50. The van der Waals surface area contributed by atoms with Crippen LogP contribution in [0.1, 0.15) is 52.2 Å². The highest BCUT2D eigenvalue weighted by Crippen LogP contribution is 2.33. The molecule has 0 bridgehead atoms. The average Bonchev–Trinajstić information content (AvgIpc) is 2.92. The summed E-state index contributed by atoms with van der Waals surface area (Å²) in [7, 11) is -4.21. The van der Waals surface area contributed by atoms with Gasteiger partial charge in [0.05, 0.1) is 17.2 Å². The maximum Gasteiger partial charge on any atom is 0.264 e. The molecule has 0 unspecified atom stereocenters. The van der Waals surface area contributed by atoms with Crippen LogP contribution >= 0.6 is 11.6 Å². The second-order valence-corrected chi connectivity index (χ2v) is 13.3. The lowest BCUT2D eigenvalue weighted by Crippen LogP contribution is -2.55. The van der Waals surface area contributed by atoms with Crippen molar-refractivity contribution < 1.29 is 22.7 Å². The smallest absolute Gasteiger partial charge is 0.264 e. The molecule has 1 atom stereocenters. The molecule has 42 heavy (non-hydrogen) atoms. The molecule has 0 saturated heterocycles. The Hall–Kier alpha value is -3.56. The summed E-state index contributed by atoms with van der Waals surface area (Å²) in [6, 6.07) is 19.3. The van der Waals surface area contributed by atoms with E-state index in [9.17, 15) is 18.0 Å². The molecular formula is C32H40ClN3O5S. The summed E-state index contributed by atoms with van der Waals surface area (Å²) in [5, 5.41) is 3.51. The Morgan fingerprint density at radius 3 is 2.14 bits per heavy atom. The number of sulfonamides is 1. The van der Waals surface area contributed by atoms with Gasteiger partial charge in [0.1, 0.15) is 18.3 Å². The van der Waals surface area contributed by atoms with Gasteiger partial charge >= 0.3 is 0 Å². The average molecular weight is 614 g/mol. The largest absolute Gasteiger partial charge is 0.492 e. The molecule has 1 N–H and O–H groups in total. The number of rotatable bonds is 12. The van der Waals surface area contributed by atoms with E-state index in [1.54, 1.807) is 67.6 Å². The Labute approximate surface area is 254 Å². The second-order valence-electron chi connectivity index (χ2n) is 11.0. The van der Waals surface area contributed by atoms with Crippen LogP contribution < -0.4 is 14.4 Å². The number of benzene rings is 3. The van der Waals surface area contributed by atoms with Crippen LogP contribution in [0, 0.1) is 6.92 Å². The van der Waals surface area contributed by atoms with Crippen molar-refractivity contribution in [1.82, 2.24) is 10.2 Å². The molecule has 3 aromatic carbocycles. The van der Waals surface area contributed by atoms with Crippen molar-refractivity contribution >= 4 is 39.1 Å². The van der Waals surface area contributed by atoms with E-state index in [-0.39, 0.29) is 23.0 Å². The first-order chi connectivity index (χ1) is 19.8. The topological polar surface area (TPSA) is 96.0 Å². The van der Waals surface area contributed by atoms with E-state index in [0.717, 1.165) is 15.4 Å². The van der Waals surface area contributed by atoms with Gasteiger partial charge in [-0.1, -0.05) is 60.5 Å². The predicted molar refractivity (Wildman–Crippen MR) is 167 cm³/mol. The normalized spacial score (nSPS) is 12.4. The number of carbonyl (C=O) groups is 2. The van der Waals surface area contributed by atoms with Crippen LogP contribution in [-0.2, 0) is 26.2 Å². The quantitative estimate of drug-likeness (QED) is 0.272. The van der Waals surface area contributed by atoms with Crippen LogP contribution in [0.25, 0.3) is 0 Å². The summed E-state index contributed by atoms with van der Waals surface area (Å²) in [4.78, 5) is 29.2. The van der Waals surface area contributed by atoms with Crippen LogP contribution in [-0.4, -0.2) is 49.9 Å². The van der Waals surface area contributed by atoms with Gasteiger partial charge in [-0.05, 0) is 83.0 Å². The monoisotopic (exact) mass is 613 g/mol. The number of nitrogens with one attached hydrogen (secondary N) is 1. The molecule has 0 aliphatic rings. The molecule has 8 nitrogen and oxygen atoms in total. The number of amides is 2. The number of hydrogen-bond donors (Lipinski definition) is 1. The lowest BCUT2D eigenvalue weighted by Gasteiger charge is -2.35. The van der Waals surface area contributed by atoms with Crippen LogP contribution in [0.2, 0.25) is 5.02 Å². The molecule has 0 radical (unpaired) electrons. The molecule has 0 aliphatic heterocycles. The SMILES string of the molecule is CCOc1ccccc1N(CC(=O)N(Cc1ccc(Cl)cc1)[C@H](CC)C(=O)NC(C)(C)C)S(=O)(=O)c1ccc(C)cc1. The molecule has 0 aromatic heterocycles. The van der Waals surface area contributed by atoms with Crippen molar-refractivity contribution in [3.8, 4) is 5.75 Å². The Morgan fingerprint density at radius 1 is 0.952 bits per heavy atom. The summed E-state index contributed by atoms with van der Waals surface area (Å²) in [5.74, 6) is -0.539. The third kappa shape index (κ3) is 8.49. The van der Waals surface area contributed by atoms with E-state index in [0.29, 0.717) is 23.8 Å². The van der Waals surface area contributed by atoms with Crippen LogP contribution in [0.15, 0.2) is 77.7 Å². The van der Waals surface area contributed by atoms with E-state index in [1.165, 1.54) is 17.0 Å². The number of carbonyl (C=O) groups excluding carboxylic acids is 2. The highest BCUT2D eigenvalue weighted by molar-refractivity contribution is 7.92.